The molecule has 17 heavy (non-hydrogen) atoms. The van der Waals surface area contributed by atoms with Gasteiger partial charge in [0, 0.05) is 33.4 Å². The Bertz CT molecular complexity index is 361. The standard InChI is InChI=1S/C12H20N4O/c1-5-13-12(17)14-10-6-8-11(9-7-10)16(4)15(2)3/h6-9H,5H2,1-4H3,(H2,13,14,17). The fourth-order valence-corrected chi connectivity index (χ4v) is 1.33. The molecule has 1 aromatic rings. The van der Waals surface area contributed by atoms with Gasteiger partial charge in [-0.25, -0.2) is 9.80 Å². The molecule has 0 atom stereocenters. The van der Waals surface area contributed by atoms with Gasteiger partial charge in [0.05, 0.1) is 5.69 Å². The van der Waals surface area contributed by atoms with Crippen molar-refractivity contribution in [3.8, 4) is 0 Å². The molecule has 0 unspecified atom stereocenters. The molecule has 1 rings (SSSR count). The number of nitrogens with zero attached hydrogens (tertiary/aromatic N) is 2. The monoisotopic (exact) mass is 236 g/mol. The van der Waals surface area contributed by atoms with Gasteiger partial charge in [0.1, 0.15) is 0 Å². The third kappa shape index (κ3) is 3.96. The Kier molecular flexibility index (Phi) is 4.78. The Morgan fingerprint density at radius 2 is 1.76 bits per heavy atom. The van der Waals surface area contributed by atoms with E-state index >= 15 is 0 Å². The van der Waals surface area contributed by atoms with E-state index in [9.17, 15) is 4.79 Å². The molecule has 0 bridgehead atoms. The molecule has 0 aromatic heterocycles. The first kappa shape index (κ1) is 13.3. The minimum absolute atomic E-state index is 0.179. The van der Waals surface area contributed by atoms with E-state index in [0.29, 0.717) is 6.54 Å². The third-order valence-electron chi connectivity index (χ3n) is 2.44. The average Bonchev–Trinajstić information content (AvgIpc) is 2.29. The van der Waals surface area contributed by atoms with E-state index < -0.39 is 0 Å². The van der Waals surface area contributed by atoms with Crippen molar-refractivity contribution in [1.29, 1.82) is 0 Å². The maximum Gasteiger partial charge on any atom is 0.319 e. The highest BCUT2D eigenvalue weighted by atomic mass is 16.2. The highest BCUT2D eigenvalue weighted by Gasteiger charge is 2.03. The second-order valence-corrected chi connectivity index (χ2v) is 3.90. The number of hydrogen-bond donors (Lipinski definition) is 2. The summed E-state index contributed by atoms with van der Waals surface area (Å²) in [6, 6.07) is 7.50. The molecular formula is C12H20N4O. The summed E-state index contributed by atoms with van der Waals surface area (Å²) >= 11 is 0. The van der Waals surface area contributed by atoms with Crippen molar-refractivity contribution in [3.05, 3.63) is 24.3 Å². The lowest BCUT2D eigenvalue weighted by molar-refractivity contribution is 0.252. The number of hydrogen-bond acceptors (Lipinski definition) is 3. The molecule has 5 heteroatoms. The summed E-state index contributed by atoms with van der Waals surface area (Å²) in [6.07, 6.45) is 0. The van der Waals surface area contributed by atoms with E-state index in [1.807, 2.05) is 62.4 Å². The Morgan fingerprint density at radius 1 is 1.18 bits per heavy atom. The normalized spacial score (nSPS) is 10.2. The maximum absolute atomic E-state index is 11.3. The Labute approximate surface area is 102 Å². The summed E-state index contributed by atoms with van der Waals surface area (Å²) in [5.74, 6) is 0. The van der Waals surface area contributed by atoms with Crippen molar-refractivity contribution in [3.63, 3.8) is 0 Å². The molecule has 0 fully saturated rings. The lowest BCUT2D eigenvalue weighted by Crippen LogP contribution is -2.32. The van der Waals surface area contributed by atoms with Gasteiger partial charge < -0.3 is 15.6 Å². The minimum Gasteiger partial charge on any atom is -0.338 e. The zero-order chi connectivity index (χ0) is 12.8. The third-order valence-corrected chi connectivity index (χ3v) is 2.44. The number of carbonyl (C=O) groups is 1. The summed E-state index contributed by atoms with van der Waals surface area (Å²) in [7, 11) is 5.92. The van der Waals surface area contributed by atoms with E-state index in [1.54, 1.807) is 0 Å². The van der Waals surface area contributed by atoms with Crippen molar-refractivity contribution in [1.82, 2.24) is 10.3 Å². The predicted octanol–water partition coefficient (Wildman–Crippen LogP) is 1.74. The molecule has 0 aliphatic carbocycles. The molecule has 0 heterocycles. The summed E-state index contributed by atoms with van der Waals surface area (Å²) in [6.45, 7) is 2.50. The summed E-state index contributed by atoms with van der Waals surface area (Å²) in [5, 5.41) is 9.43. The lowest BCUT2D eigenvalue weighted by atomic mass is 10.3. The van der Waals surface area contributed by atoms with Crippen molar-refractivity contribution < 1.29 is 4.79 Å². The number of nitrogens with one attached hydrogen (secondary N) is 2. The van der Waals surface area contributed by atoms with Crippen LogP contribution in [0.2, 0.25) is 0 Å². The molecular weight excluding hydrogens is 216 g/mol. The van der Waals surface area contributed by atoms with Crippen LogP contribution in [-0.2, 0) is 0 Å². The van der Waals surface area contributed by atoms with Gasteiger partial charge in [0.15, 0.2) is 0 Å². The van der Waals surface area contributed by atoms with Gasteiger partial charge >= 0.3 is 6.03 Å². The smallest absolute Gasteiger partial charge is 0.319 e. The predicted molar refractivity (Wildman–Crippen MR) is 71.2 cm³/mol. The zero-order valence-corrected chi connectivity index (χ0v) is 10.8. The van der Waals surface area contributed by atoms with Gasteiger partial charge in [-0.3, -0.25) is 0 Å². The summed E-state index contributed by atoms with van der Waals surface area (Å²) in [4.78, 5) is 11.3. The van der Waals surface area contributed by atoms with Crippen LogP contribution in [0.25, 0.3) is 0 Å². The van der Waals surface area contributed by atoms with Crippen molar-refractivity contribution in [2.75, 3.05) is 38.0 Å². The van der Waals surface area contributed by atoms with Crippen LogP contribution in [0.5, 0.6) is 0 Å². The number of hydrazine groups is 1. The van der Waals surface area contributed by atoms with E-state index in [2.05, 4.69) is 10.6 Å². The first-order chi connectivity index (χ1) is 8.04. The zero-order valence-electron chi connectivity index (χ0n) is 10.8. The molecule has 2 N–H and O–H groups in total. The molecule has 0 saturated carbocycles. The van der Waals surface area contributed by atoms with E-state index in [-0.39, 0.29) is 6.03 Å². The molecule has 5 nitrogen and oxygen atoms in total. The molecule has 0 aliphatic heterocycles. The number of rotatable bonds is 4. The maximum atomic E-state index is 11.3. The minimum atomic E-state index is -0.179. The van der Waals surface area contributed by atoms with Gasteiger partial charge in [-0.2, -0.15) is 0 Å². The van der Waals surface area contributed by atoms with E-state index in [1.165, 1.54) is 0 Å². The van der Waals surface area contributed by atoms with E-state index in [0.717, 1.165) is 11.4 Å². The number of amides is 2. The van der Waals surface area contributed by atoms with Crippen molar-refractivity contribution >= 4 is 17.4 Å². The Balaban J connectivity index is 2.65. The molecule has 0 aliphatic rings. The van der Waals surface area contributed by atoms with Gasteiger partial charge in [0.25, 0.3) is 0 Å². The SMILES string of the molecule is CCNC(=O)Nc1ccc(N(C)N(C)C)cc1. The largest absolute Gasteiger partial charge is 0.338 e. The molecule has 0 spiro atoms. The molecule has 0 saturated heterocycles. The van der Waals surface area contributed by atoms with Crippen LogP contribution in [0.4, 0.5) is 16.2 Å². The number of benzene rings is 1. The topological polar surface area (TPSA) is 47.6 Å². The number of anilines is 2. The lowest BCUT2D eigenvalue weighted by Gasteiger charge is -2.26. The van der Waals surface area contributed by atoms with Gasteiger partial charge in [-0.05, 0) is 31.2 Å². The van der Waals surface area contributed by atoms with Crippen LogP contribution in [-0.4, -0.2) is 38.7 Å². The van der Waals surface area contributed by atoms with Crippen LogP contribution in [0.15, 0.2) is 24.3 Å². The second-order valence-electron chi connectivity index (χ2n) is 3.90. The highest BCUT2D eigenvalue weighted by molar-refractivity contribution is 5.89. The van der Waals surface area contributed by atoms with Crippen LogP contribution >= 0.6 is 0 Å². The molecule has 0 radical (unpaired) electrons. The van der Waals surface area contributed by atoms with Gasteiger partial charge in [-0.1, -0.05) is 0 Å². The van der Waals surface area contributed by atoms with Crippen LogP contribution in [0.3, 0.4) is 0 Å². The van der Waals surface area contributed by atoms with Crippen molar-refractivity contribution in [2.45, 2.75) is 6.92 Å². The number of urea groups is 1. The fraction of sp³-hybridized carbons (Fsp3) is 0.417. The summed E-state index contributed by atoms with van der Waals surface area (Å²) in [5.41, 5.74) is 1.85. The number of carbonyl (C=O) groups excluding carboxylic acids is 1. The molecule has 2 amide bonds. The van der Waals surface area contributed by atoms with Gasteiger partial charge in [-0.15, -0.1) is 0 Å². The van der Waals surface area contributed by atoms with Crippen LogP contribution in [0.1, 0.15) is 6.92 Å². The van der Waals surface area contributed by atoms with E-state index in [4.69, 9.17) is 0 Å². The van der Waals surface area contributed by atoms with Crippen LogP contribution < -0.4 is 15.6 Å². The second kappa shape index (κ2) is 6.10. The first-order valence-electron chi connectivity index (χ1n) is 5.60. The average molecular weight is 236 g/mol. The van der Waals surface area contributed by atoms with Gasteiger partial charge in [0.2, 0.25) is 0 Å². The highest BCUT2D eigenvalue weighted by Crippen LogP contribution is 2.17. The fourth-order valence-electron chi connectivity index (χ4n) is 1.33. The van der Waals surface area contributed by atoms with Crippen LogP contribution in [0, 0.1) is 0 Å². The quantitative estimate of drug-likeness (QED) is 0.783. The van der Waals surface area contributed by atoms with Crippen molar-refractivity contribution in [2.24, 2.45) is 0 Å². The Morgan fingerprint density at radius 3 is 2.24 bits per heavy atom. The first-order valence-corrected chi connectivity index (χ1v) is 5.60. The molecule has 1 aromatic carbocycles. The molecule has 94 valence electrons. The summed E-state index contributed by atoms with van der Waals surface area (Å²) < 4.78 is 0. The Hall–Kier alpha value is -1.75.